The summed E-state index contributed by atoms with van der Waals surface area (Å²) in [7, 11) is 0. The van der Waals surface area contributed by atoms with Crippen molar-refractivity contribution in [1.29, 1.82) is 0 Å². The molecule has 110 valence electrons. The third-order valence-corrected chi connectivity index (χ3v) is 3.78. The molecule has 0 unspecified atom stereocenters. The summed E-state index contributed by atoms with van der Waals surface area (Å²) in [6, 6.07) is 0. The topological polar surface area (TPSA) is 75.6 Å². The van der Waals surface area contributed by atoms with Crippen LogP contribution in [0.1, 0.15) is 40.0 Å². The van der Waals surface area contributed by atoms with Gasteiger partial charge in [-0.05, 0) is 18.3 Å². The molecule has 1 rings (SSSR count). The van der Waals surface area contributed by atoms with E-state index in [1.54, 1.807) is 0 Å². The number of carbonyl (C=O) groups excluding carboxylic acids is 1. The first-order valence-corrected chi connectivity index (χ1v) is 7.01. The zero-order valence-electron chi connectivity index (χ0n) is 12.1. The molecule has 1 fully saturated rings. The summed E-state index contributed by atoms with van der Waals surface area (Å²) in [4.78, 5) is 22.8. The van der Waals surface area contributed by atoms with Gasteiger partial charge in [-0.25, -0.2) is 0 Å². The summed E-state index contributed by atoms with van der Waals surface area (Å²) < 4.78 is 5.39. The second kappa shape index (κ2) is 6.89. The van der Waals surface area contributed by atoms with E-state index in [0.717, 1.165) is 25.9 Å². The molecule has 1 saturated carbocycles. The quantitative estimate of drug-likeness (QED) is 0.625. The predicted molar refractivity (Wildman–Crippen MR) is 71.8 cm³/mol. The van der Waals surface area contributed by atoms with Crippen LogP contribution in [0.5, 0.6) is 0 Å². The van der Waals surface area contributed by atoms with Gasteiger partial charge in [-0.2, -0.15) is 0 Å². The molecule has 0 heterocycles. The van der Waals surface area contributed by atoms with Crippen LogP contribution in [0.25, 0.3) is 0 Å². The van der Waals surface area contributed by atoms with E-state index in [9.17, 15) is 9.59 Å². The van der Waals surface area contributed by atoms with E-state index in [0.29, 0.717) is 13.2 Å². The number of carboxylic acid groups (broad SMARTS) is 1. The van der Waals surface area contributed by atoms with Crippen molar-refractivity contribution in [3.8, 4) is 0 Å². The number of ether oxygens (including phenoxy) is 1. The Hall–Kier alpha value is -1.10. The fourth-order valence-corrected chi connectivity index (χ4v) is 2.43. The fourth-order valence-electron chi connectivity index (χ4n) is 2.43. The lowest BCUT2D eigenvalue weighted by Crippen LogP contribution is -2.28. The summed E-state index contributed by atoms with van der Waals surface area (Å²) >= 11 is 0. The fraction of sp³-hybridized carbons (Fsp3) is 0.857. The lowest BCUT2D eigenvalue weighted by Gasteiger charge is -2.06. The van der Waals surface area contributed by atoms with Crippen molar-refractivity contribution >= 4 is 11.9 Å². The van der Waals surface area contributed by atoms with Crippen molar-refractivity contribution in [2.45, 2.75) is 40.0 Å². The first kappa shape index (κ1) is 16.0. The average Bonchev–Trinajstić information content (AvgIpc) is 2.91. The van der Waals surface area contributed by atoms with Crippen LogP contribution < -0.4 is 5.32 Å². The smallest absolute Gasteiger partial charge is 0.307 e. The Balaban J connectivity index is 2.14. The molecule has 0 aliphatic heterocycles. The van der Waals surface area contributed by atoms with Crippen molar-refractivity contribution in [1.82, 2.24) is 5.32 Å². The highest BCUT2D eigenvalue weighted by atomic mass is 16.5. The largest absolute Gasteiger partial charge is 0.481 e. The second-order valence-electron chi connectivity index (χ2n) is 5.73. The molecule has 0 bridgehead atoms. The predicted octanol–water partition coefficient (Wildman–Crippen LogP) is 1.67. The van der Waals surface area contributed by atoms with Gasteiger partial charge in [0.2, 0.25) is 5.91 Å². The molecule has 5 heteroatoms. The highest BCUT2D eigenvalue weighted by Crippen LogP contribution is 2.58. The minimum atomic E-state index is -0.881. The van der Waals surface area contributed by atoms with Crippen LogP contribution in [0.4, 0.5) is 0 Å². The van der Waals surface area contributed by atoms with Crippen LogP contribution >= 0.6 is 0 Å². The maximum absolute atomic E-state index is 11.9. The minimum Gasteiger partial charge on any atom is -0.481 e. The first-order valence-electron chi connectivity index (χ1n) is 7.01. The molecule has 0 saturated heterocycles. The van der Waals surface area contributed by atoms with E-state index >= 15 is 0 Å². The molecule has 0 aromatic rings. The van der Waals surface area contributed by atoms with Crippen LogP contribution in [-0.4, -0.2) is 36.7 Å². The van der Waals surface area contributed by atoms with Crippen LogP contribution in [0.15, 0.2) is 0 Å². The summed E-state index contributed by atoms with van der Waals surface area (Å²) in [6.45, 7) is 7.70. The van der Waals surface area contributed by atoms with Gasteiger partial charge in [-0.15, -0.1) is 0 Å². The van der Waals surface area contributed by atoms with Gasteiger partial charge in [0.15, 0.2) is 0 Å². The van der Waals surface area contributed by atoms with Crippen molar-refractivity contribution in [3.05, 3.63) is 0 Å². The van der Waals surface area contributed by atoms with Gasteiger partial charge in [0.1, 0.15) is 0 Å². The number of carbonyl (C=O) groups is 2. The van der Waals surface area contributed by atoms with Gasteiger partial charge < -0.3 is 15.2 Å². The molecule has 0 radical (unpaired) electrons. The standard InChI is InChI=1S/C14H25NO4/c1-4-5-8-19-9-6-7-15-12(16)10-11(13(17)18)14(10,2)3/h10-11H,4-9H2,1-3H3,(H,15,16)(H,17,18)/t10-,11+/m1/s1. The van der Waals surface area contributed by atoms with Crippen molar-refractivity contribution in [2.24, 2.45) is 17.3 Å². The van der Waals surface area contributed by atoms with Gasteiger partial charge in [0.25, 0.3) is 0 Å². The monoisotopic (exact) mass is 271 g/mol. The molecule has 1 aliphatic carbocycles. The number of amides is 1. The number of rotatable bonds is 9. The summed E-state index contributed by atoms with van der Waals surface area (Å²) in [5.74, 6) is -1.97. The van der Waals surface area contributed by atoms with Crippen LogP contribution in [0.2, 0.25) is 0 Å². The summed E-state index contributed by atoms with van der Waals surface area (Å²) in [5.41, 5.74) is -0.423. The Labute approximate surface area is 114 Å². The molecule has 0 aromatic carbocycles. The molecule has 2 atom stereocenters. The highest BCUT2D eigenvalue weighted by molar-refractivity contribution is 5.91. The number of hydrogen-bond donors (Lipinski definition) is 2. The van der Waals surface area contributed by atoms with E-state index in [2.05, 4.69) is 12.2 Å². The molecule has 5 nitrogen and oxygen atoms in total. The minimum absolute atomic E-state index is 0.147. The average molecular weight is 271 g/mol. The van der Waals surface area contributed by atoms with E-state index < -0.39 is 23.2 Å². The lowest BCUT2D eigenvalue weighted by atomic mass is 10.1. The van der Waals surface area contributed by atoms with Gasteiger partial charge in [-0.3, -0.25) is 9.59 Å². The van der Waals surface area contributed by atoms with E-state index in [1.165, 1.54) is 0 Å². The van der Waals surface area contributed by atoms with E-state index in [1.807, 2.05) is 13.8 Å². The summed E-state index contributed by atoms with van der Waals surface area (Å²) in [5, 5.41) is 11.8. The van der Waals surface area contributed by atoms with Gasteiger partial charge in [0, 0.05) is 19.8 Å². The molecule has 19 heavy (non-hydrogen) atoms. The molecule has 1 aliphatic rings. The van der Waals surface area contributed by atoms with Crippen molar-refractivity contribution < 1.29 is 19.4 Å². The molecule has 2 N–H and O–H groups in total. The number of hydrogen-bond acceptors (Lipinski definition) is 3. The first-order chi connectivity index (χ1) is 8.92. The maximum atomic E-state index is 11.9. The molecule has 0 spiro atoms. The molecular weight excluding hydrogens is 246 g/mol. The summed E-state index contributed by atoms with van der Waals surface area (Å²) in [6.07, 6.45) is 2.94. The van der Waals surface area contributed by atoms with E-state index in [4.69, 9.17) is 9.84 Å². The van der Waals surface area contributed by atoms with Crippen molar-refractivity contribution in [3.63, 3.8) is 0 Å². The Kier molecular flexibility index (Phi) is 5.79. The van der Waals surface area contributed by atoms with E-state index in [-0.39, 0.29) is 5.91 Å². The number of nitrogens with one attached hydrogen (secondary N) is 1. The molecule has 1 amide bonds. The third kappa shape index (κ3) is 4.20. The van der Waals surface area contributed by atoms with Crippen LogP contribution in [-0.2, 0) is 14.3 Å². The zero-order valence-corrected chi connectivity index (χ0v) is 12.1. The zero-order chi connectivity index (χ0) is 14.5. The van der Waals surface area contributed by atoms with Crippen molar-refractivity contribution in [2.75, 3.05) is 19.8 Å². The number of unbranched alkanes of at least 4 members (excludes halogenated alkanes) is 1. The molecule has 0 aromatic heterocycles. The SMILES string of the molecule is CCCCOCCCNC(=O)[C@H]1[C@@H](C(=O)O)C1(C)C. The lowest BCUT2D eigenvalue weighted by molar-refractivity contribution is -0.140. The number of carboxylic acids is 1. The van der Waals surface area contributed by atoms with Crippen LogP contribution in [0.3, 0.4) is 0 Å². The Morgan fingerprint density at radius 1 is 1.21 bits per heavy atom. The number of aliphatic carboxylic acids is 1. The Morgan fingerprint density at radius 2 is 1.84 bits per heavy atom. The maximum Gasteiger partial charge on any atom is 0.307 e. The Bertz CT molecular complexity index is 327. The van der Waals surface area contributed by atoms with Gasteiger partial charge >= 0.3 is 5.97 Å². The second-order valence-corrected chi connectivity index (χ2v) is 5.73. The van der Waals surface area contributed by atoms with Crippen LogP contribution in [0, 0.1) is 17.3 Å². The molecular formula is C14H25NO4. The third-order valence-electron chi connectivity index (χ3n) is 3.78. The Morgan fingerprint density at radius 3 is 2.37 bits per heavy atom. The van der Waals surface area contributed by atoms with Gasteiger partial charge in [-0.1, -0.05) is 27.2 Å². The van der Waals surface area contributed by atoms with Gasteiger partial charge in [0.05, 0.1) is 11.8 Å². The normalized spacial score (nSPS) is 23.9. The highest BCUT2D eigenvalue weighted by Gasteiger charge is 2.65.